The molecule has 2 heterocycles. The van der Waals surface area contributed by atoms with Crippen LogP contribution in [0.4, 0.5) is 0 Å². The van der Waals surface area contributed by atoms with Gasteiger partial charge in [-0.3, -0.25) is 4.90 Å². The van der Waals surface area contributed by atoms with E-state index in [4.69, 9.17) is 0 Å². The highest BCUT2D eigenvalue weighted by Crippen LogP contribution is 2.31. The summed E-state index contributed by atoms with van der Waals surface area (Å²) in [5, 5.41) is 0. The van der Waals surface area contributed by atoms with E-state index in [-0.39, 0.29) is 0 Å². The molecule has 0 N–H and O–H groups in total. The molecule has 15 heavy (non-hydrogen) atoms. The molecule has 0 aromatic carbocycles. The molecule has 1 saturated heterocycles. The van der Waals surface area contributed by atoms with Crippen molar-refractivity contribution in [2.45, 2.75) is 46.6 Å². The Balaban J connectivity index is 2.24. The summed E-state index contributed by atoms with van der Waals surface area (Å²) < 4.78 is 0. The summed E-state index contributed by atoms with van der Waals surface area (Å²) in [6.45, 7) is 10.7. The van der Waals surface area contributed by atoms with E-state index in [1.807, 2.05) is 11.3 Å². The number of aryl methyl sites for hydroxylation is 2. The standard InChI is InChI=1S/C13H21NS/c1-4-11-10(3)15-13(5-2)12(11)9-14-7-6-8-14/h4-9H2,1-3H3. The summed E-state index contributed by atoms with van der Waals surface area (Å²) in [6, 6.07) is 0. The maximum absolute atomic E-state index is 2.57. The minimum absolute atomic E-state index is 1.20. The van der Waals surface area contributed by atoms with Crippen LogP contribution in [-0.2, 0) is 19.4 Å². The second-order valence-corrected chi connectivity index (χ2v) is 5.68. The van der Waals surface area contributed by atoms with Gasteiger partial charge in [-0.25, -0.2) is 0 Å². The van der Waals surface area contributed by atoms with Crippen LogP contribution in [0.25, 0.3) is 0 Å². The molecule has 0 radical (unpaired) electrons. The van der Waals surface area contributed by atoms with Gasteiger partial charge in [-0.05, 0) is 50.4 Å². The van der Waals surface area contributed by atoms with Crippen LogP contribution in [0.1, 0.15) is 41.1 Å². The normalized spacial score (nSPS) is 16.7. The summed E-state index contributed by atoms with van der Waals surface area (Å²) in [4.78, 5) is 5.74. The minimum atomic E-state index is 1.20. The van der Waals surface area contributed by atoms with Gasteiger partial charge in [0.25, 0.3) is 0 Å². The van der Waals surface area contributed by atoms with Gasteiger partial charge in [-0.1, -0.05) is 13.8 Å². The molecule has 84 valence electrons. The van der Waals surface area contributed by atoms with Crippen LogP contribution in [0.15, 0.2) is 0 Å². The van der Waals surface area contributed by atoms with E-state index in [2.05, 4.69) is 25.7 Å². The van der Waals surface area contributed by atoms with Crippen LogP contribution < -0.4 is 0 Å². The van der Waals surface area contributed by atoms with Crippen molar-refractivity contribution < 1.29 is 0 Å². The molecular weight excluding hydrogens is 202 g/mol. The van der Waals surface area contributed by atoms with E-state index in [1.54, 1.807) is 20.9 Å². The van der Waals surface area contributed by atoms with Crippen molar-refractivity contribution >= 4 is 11.3 Å². The Bertz CT molecular complexity index is 337. The second kappa shape index (κ2) is 4.67. The maximum Gasteiger partial charge on any atom is 0.0247 e. The fourth-order valence-electron chi connectivity index (χ4n) is 2.38. The summed E-state index contributed by atoms with van der Waals surface area (Å²) in [6.07, 6.45) is 3.80. The molecule has 1 aliphatic rings. The molecule has 0 amide bonds. The fraction of sp³-hybridized carbons (Fsp3) is 0.692. The topological polar surface area (TPSA) is 3.24 Å². The zero-order chi connectivity index (χ0) is 10.8. The molecule has 1 aliphatic heterocycles. The first-order valence-corrected chi connectivity index (χ1v) is 6.90. The molecule has 1 aromatic rings. The number of hydrogen-bond acceptors (Lipinski definition) is 2. The van der Waals surface area contributed by atoms with Gasteiger partial charge in [0.15, 0.2) is 0 Å². The van der Waals surface area contributed by atoms with Crippen molar-refractivity contribution in [3.63, 3.8) is 0 Å². The van der Waals surface area contributed by atoms with Gasteiger partial charge in [-0.15, -0.1) is 11.3 Å². The Morgan fingerprint density at radius 2 is 1.87 bits per heavy atom. The van der Waals surface area contributed by atoms with Gasteiger partial charge in [0.2, 0.25) is 0 Å². The molecule has 1 nitrogen and oxygen atoms in total. The highest BCUT2D eigenvalue weighted by Gasteiger charge is 2.19. The zero-order valence-corrected chi connectivity index (χ0v) is 10.9. The first-order chi connectivity index (χ1) is 7.26. The molecule has 0 aliphatic carbocycles. The molecule has 1 fully saturated rings. The van der Waals surface area contributed by atoms with E-state index < -0.39 is 0 Å². The number of hydrogen-bond donors (Lipinski definition) is 0. The summed E-state index contributed by atoms with van der Waals surface area (Å²) in [5.74, 6) is 0. The molecule has 1 aromatic heterocycles. The molecule has 0 bridgehead atoms. The third-order valence-electron chi connectivity index (χ3n) is 3.41. The first-order valence-electron chi connectivity index (χ1n) is 6.08. The lowest BCUT2D eigenvalue weighted by molar-refractivity contribution is 0.172. The lowest BCUT2D eigenvalue weighted by Gasteiger charge is -2.31. The van der Waals surface area contributed by atoms with Crippen molar-refractivity contribution in [2.75, 3.05) is 13.1 Å². The summed E-state index contributed by atoms with van der Waals surface area (Å²) in [5.41, 5.74) is 3.28. The van der Waals surface area contributed by atoms with Gasteiger partial charge in [0.05, 0.1) is 0 Å². The predicted octanol–water partition coefficient (Wildman–Crippen LogP) is 3.39. The number of nitrogens with zero attached hydrogens (tertiary/aromatic N) is 1. The third-order valence-corrected chi connectivity index (χ3v) is 4.74. The van der Waals surface area contributed by atoms with E-state index in [0.29, 0.717) is 0 Å². The lowest BCUT2D eigenvalue weighted by atomic mass is 10.0. The molecule has 0 saturated carbocycles. The highest BCUT2D eigenvalue weighted by molar-refractivity contribution is 7.12. The highest BCUT2D eigenvalue weighted by atomic mass is 32.1. The van der Waals surface area contributed by atoms with Crippen molar-refractivity contribution in [3.8, 4) is 0 Å². The number of rotatable bonds is 4. The quantitative estimate of drug-likeness (QED) is 0.756. The van der Waals surface area contributed by atoms with Gasteiger partial charge >= 0.3 is 0 Å². The predicted molar refractivity (Wildman–Crippen MR) is 67.7 cm³/mol. The SMILES string of the molecule is CCc1sc(C)c(CC)c1CN1CCC1. The smallest absolute Gasteiger partial charge is 0.0247 e. The largest absolute Gasteiger partial charge is 0.299 e. The van der Waals surface area contributed by atoms with Crippen LogP contribution in [0.3, 0.4) is 0 Å². The van der Waals surface area contributed by atoms with E-state index >= 15 is 0 Å². The summed E-state index contributed by atoms with van der Waals surface area (Å²) in [7, 11) is 0. The van der Waals surface area contributed by atoms with Crippen molar-refractivity contribution in [3.05, 3.63) is 20.9 Å². The van der Waals surface area contributed by atoms with E-state index in [9.17, 15) is 0 Å². The molecule has 2 rings (SSSR count). The van der Waals surface area contributed by atoms with Crippen LogP contribution >= 0.6 is 11.3 Å². The van der Waals surface area contributed by atoms with Crippen LogP contribution in [0.5, 0.6) is 0 Å². The Morgan fingerprint density at radius 1 is 1.13 bits per heavy atom. The fourth-order valence-corrected chi connectivity index (χ4v) is 3.60. The molecule has 0 spiro atoms. The van der Waals surface area contributed by atoms with Crippen molar-refractivity contribution in [1.82, 2.24) is 4.90 Å². The van der Waals surface area contributed by atoms with Crippen molar-refractivity contribution in [2.24, 2.45) is 0 Å². The lowest BCUT2D eigenvalue weighted by Crippen LogP contribution is -2.36. The molecule has 0 atom stereocenters. The number of likely N-dealkylation sites (tertiary alicyclic amines) is 1. The van der Waals surface area contributed by atoms with Gasteiger partial charge in [-0.2, -0.15) is 0 Å². The van der Waals surface area contributed by atoms with Crippen LogP contribution in [0, 0.1) is 6.92 Å². The maximum atomic E-state index is 2.57. The minimum Gasteiger partial charge on any atom is -0.299 e. The Labute approximate surface area is 97.1 Å². The second-order valence-electron chi connectivity index (χ2n) is 4.38. The third kappa shape index (κ3) is 2.11. The Kier molecular flexibility index (Phi) is 3.47. The van der Waals surface area contributed by atoms with E-state index in [1.165, 1.54) is 38.9 Å². The zero-order valence-electron chi connectivity index (χ0n) is 10.1. The molecule has 2 heteroatoms. The van der Waals surface area contributed by atoms with Crippen molar-refractivity contribution in [1.29, 1.82) is 0 Å². The average molecular weight is 223 g/mol. The van der Waals surface area contributed by atoms with Gasteiger partial charge in [0.1, 0.15) is 0 Å². The van der Waals surface area contributed by atoms with Gasteiger partial charge in [0, 0.05) is 16.3 Å². The average Bonchev–Trinajstić information content (AvgIpc) is 2.47. The molecular formula is C13H21NS. The summed E-state index contributed by atoms with van der Waals surface area (Å²) >= 11 is 2.02. The van der Waals surface area contributed by atoms with E-state index in [0.717, 1.165) is 0 Å². The number of thiophene rings is 1. The molecule has 0 unspecified atom stereocenters. The first kappa shape index (κ1) is 11.2. The Morgan fingerprint density at radius 3 is 2.33 bits per heavy atom. The van der Waals surface area contributed by atoms with Gasteiger partial charge < -0.3 is 0 Å². The monoisotopic (exact) mass is 223 g/mol. The van der Waals surface area contributed by atoms with Crippen LogP contribution in [0.2, 0.25) is 0 Å². The Hall–Kier alpha value is -0.340. The van der Waals surface area contributed by atoms with Crippen LogP contribution in [-0.4, -0.2) is 18.0 Å².